The Morgan fingerprint density at radius 2 is 2.21 bits per heavy atom. The van der Waals surface area contributed by atoms with Gasteiger partial charge in [-0.1, -0.05) is 13.8 Å². The minimum Gasteiger partial charge on any atom is -0.481 e. The van der Waals surface area contributed by atoms with Crippen LogP contribution in [0.3, 0.4) is 0 Å². The molecule has 0 amide bonds. The molecule has 0 aromatic carbocycles. The molecule has 2 aliphatic rings. The van der Waals surface area contributed by atoms with Gasteiger partial charge in [-0.05, 0) is 32.5 Å². The van der Waals surface area contributed by atoms with Gasteiger partial charge < -0.3 is 14.7 Å². The summed E-state index contributed by atoms with van der Waals surface area (Å²) < 4.78 is 5.33. The Bertz CT molecular complexity index is 312. The summed E-state index contributed by atoms with van der Waals surface area (Å²) in [5, 5.41) is 9.47. The van der Waals surface area contributed by atoms with Crippen molar-refractivity contribution in [1.29, 1.82) is 0 Å². The lowest BCUT2D eigenvalue weighted by Gasteiger charge is -2.30. The van der Waals surface area contributed by atoms with Crippen LogP contribution in [0.25, 0.3) is 0 Å². The number of nitrogens with zero attached hydrogens (tertiary/aromatic N) is 2. The first-order chi connectivity index (χ1) is 9.11. The molecule has 1 N–H and O–H groups in total. The van der Waals surface area contributed by atoms with Crippen LogP contribution in [0, 0.1) is 5.41 Å². The Labute approximate surface area is 115 Å². The minimum atomic E-state index is -0.698. The van der Waals surface area contributed by atoms with Crippen LogP contribution >= 0.6 is 0 Å². The van der Waals surface area contributed by atoms with E-state index >= 15 is 0 Å². The highest BCUT2D eigenvalue weighted by Crippen LogP contribution is 2.31. The number of carbonyl (C=O) groups is 1. The van der Waals surface area contributed by atoms with E-state index in [9.17, 15) is 9.90 Å². The highest BCUT2D eigenvalue weighted by molar-refractivity contribution is 5.75. The van der Waals surface area contributed by atoms with Gasteiger partial charge in [0.1, 0.15) is 5.41 Å². The van der Waals surface area contributed by atoms with Crippen molar-refractivity contribution in [2.24, 2.45) is 5.41 Å². The maximum absolute atomic E-state index is 11.5. The number of ether oxygens (including phenoxy) is 1. The molecule has 0 aromatic heterocycles. The van der Waals surface area contributed by atoms with Crippen molar-refractivity contribution in [1.82, 2.24) is 9.80 Å². The third-order valence-electron chi connectivity index (χ3n) is 4.66. The molecule has 0 bridgehead atoms. The van der Waals surface area contributed by atoms with Crippen LogP contribution in [-0.4, -0.2) is 72.9 Å². The van der Waals surface area contributed by atoms with Crippen LogP contribution in [0.15, 0.2) is 0 Å². The van der Waals surface area contributed by atoms with E-state index in [1.165, 1.54) is 0 Å². The predicted octanol–water partition coefficient (Wildman–Crippen LogP) is 0.894. The van der Waals surface area contributed by atoms with Crippen molar-refractivity contribution >= 4 is 5.97 Å². The molecule has 2 heterocycles. The van der Waals surface area contributed by atoms with Gasteiger partial charge in [-0.3, -0.25) is 9.69 Å². The van der Waals surface area contributed by atoms with Crippen molar-refractivity contribution in [3.63, 3.8) is 0 Å². The molecule has 0 aliphatic carbocycles. The van der Waals surface area contributed by atoms with E-state index in [4.69, 9.17) is 4.74 Å². The third kappa shape index (κ3) is 3.09. The number of carboxylic acid groups (broad SMARTS) is 1. The zero-order valence-corrected chi connectivity index (χ0v) is 12.1. The summed E-state index contributed by atoms with van der Waals surface area (Å²) in [6.07, 6.45) is 1.80. The average molecular weight is 270 g/mol. The zero-order valence-electron chi connectivity index (χ0n) is 12.1. The fourth-order valence-electron chi connectivity index (χ4n) is 3.39. The topological polar surface area (TPSA) is 53.0 Å². The number of carboxylic acids is 1. The molecule has 2 unspecified atom stereocenters. The molecule has 0 saturated carbocycles. The lowest BCUT2D eigenvalue weighted by Crippen LogP contribution is -2.44. The first kappa shape index (κ1) is 14.8. The quantitative estimate of drug-likeness (QED) is 0.777. The molecule has 0 radical (unpaired) electrons. The SMILES string of the molecule is CCN(CC)C1CCN(CC2(C(=O)O)CCOC2)C1. The van der Waals surface area contributed by atoms with E-state index in [1.807, 2.05) is 0 Å². The summed E-state index contributed by atoms with van der Waals surface area (Å²) in [7, 11) is 0. The van der Waals surface area contributed by atoms with E-state index in [-0.39, 0.29) is 0 Å². The number of hydrogen-bond donors (Lipinski definition) is 1. The van der Waals surface area contributed by atoms with Crippen molar-refractivity contribution < 1.29 is 14.6 Å². The fourth-order valence-corrected chi connectivity index (χ4v) is 3.39. The molecular formula is C14H26N2O3. The largest absolute Gasteiger partial charge is 0.481 e. The Morgan fingerprint density at radius 1 is 1.47 bits per heavy atom. The summed E-state index contributed by atoms with van der Waals surface area (Å²) >= 11 is 0. The van der Waals surface area contributed by atoms with E-state index < -0.39 is 11.4 Å². The van der Waals surface area contributed by atoms with Crippen molar-refractivity contribution in [2.75, 3.05) is 45.9 Å². The highest BCUT2D eigenvalue weighted by atomic mass is 16.5. The second-order valence-corrected chi connectivity index (χ2v) is 5.79. The monoisotopic (exact) mass is 270 g/mol. The Hall–Kier alpha value is -0.650. The summed E-state index contributed by atoms with van der Waals surface area (Å²) in [5.74, 6) is -0.698. The van der Waals surface area contributed by atoms with Crippen LogP contribution in [0.2, 0.25) is 0 Å². The van der Waals surface area contributed by atoms with Gasteiger partial charge in [0.2, 0.25) is 0 Å². The second kappa shape index (κ2) is 6.20. The second-order valence-electron chi connectivity index (χ2n) is 5.79. The summed E-state index contributed by atoms with van der Waals surface area (Å²) in [6.45, 7) is 10.1. The number of likely N-dealkylation sites (tertiary alicyclic amines) is 1. The molecule has 2 aliphatic heterocycles. The first-order valence-corrected chi connectivity index (χ1v) is 7.39. The lowest BCUT2D eigenvalue weighted by molar-refractivity contribution is -0.150. The van der Waals surface area contributed by atoms with Gasteiger partial charge in [0.25, 0.3) is 0 Å². The first-order valence-electron chi connectivity index (χ1n) is 7.39. The smallest absolute Gasteiger partial charge is 0.313 e. The summed E-state index contributed by atoms with van der Waals surface area (Å²) in [5.41, 5.74) is -0.669. The van der Waals surface area contributed by atoms with E-state index in [1.54, 1.807) is 0 Å². The normalized spacial score (nSPS) is 32.3. The van der Waals surface area contributed by atoms with Gasteiger partial charge in [0.15, 0.2) is 0 Å². The van der Waals surface area contributed by atoms with Crippen molar-refractivity contribution in [3.8, 4) is 0 Å². The molecule has 5 heteroatoms. The van der Waals surface area contributed by atoms with Crippen LogP contribution in [-0.2, 0) is 9.53 Å². The molecule has 0 aromatic rings. The molecule has 5 nitrogen and oxygen atoms in total. The molecule has 110 valence electrons. The molecule has 0 spiro atoms. The number of hydrogen-bond acceptors (Lipinski definition) is 4. The van der Waals surface area contributed by atoms with Gasteiger partial charge in [-0.2, -0.15) is 0 Å². The predicted molar refractivity (Wildman–Crippen MR) is 73.3 cm³/mol. The van der Waals surface area contributed by atoms with Gasteiger partial charge in [-0.15, -0.1) is 0 Å². The number of aliphatic carboxylic acids is 1. The standard InChI is InChI=1S/C14H26N2O3/c1-3-16(4-2)12-5-7-15(9-12)10-14(13(17)18)6-8-19-11-14/h12H,3-11H2,1-2H3,(H,17,18). The molecular weight excluding hydrogens is 244 g/mol. The van der Waals surface area contributed by atoms with Crippen molar-refractivity contribution in [2.45, 2.75) is 32.7 Å². The molecule has 2 rings (SSSR count). The molecule has 2 fully saturated rings. The minimum absolute atomic E-state index is 0.370. The van der Waals surface area contributed by atoms with Gasteiger partial charge in [0, 0.05) is 25.7 Å². The van der Waals surface area contributed by atoms with Crippen LogP contribution in [0.4, 0.5) is 0 Å². The summed E-state index contributed by atoms with van der Waals surface area (Å²) in [6, 6.07) is 0.586. The van der Waals surface area contributed by atoms with Gasteiger partial charge >= 0.3 is 5.97 Å². The highest BCUT2D eigenvalue weighted by Gasteiger charge is 2.45. The lowest BCUT2D eigenvalue weighted by atomic mass is 9.87. The maximum Gasteiger partial charge on any atom is 0.313 e. The summed E-state index contributed by atoms with van der Waals surface area (Å²) in [4.78, 5) is 16.3. The van der Waals surface area contributed by atoms with Crippen LogP contribution in [0.5, 0.6) is 0 Å². The van der Waals surface area contributed by atoms with E-state index in [0.717, 1.165) is 32.6 Å². The van der Waals surface area contributed by atoms with E-state index in [2.05, 4.69) is 23.6 Å². The van der Waals surface area contributed by atoms with Gasteiger partial charge in [0.05, 0.1) is 6.61 Å². The maximum atomic E-state index is 11.5. The zero-order chi connectivity index (χ0) is 13.9. The third-order valence-corrected chi connectivity index (χ3v) is 4.66. The number of likely N-dealkylation sites (N-methyl/N-ethyl adjacent to an activating group) is 1. The Balaban J connectivity index is 1.92. The van der Waals surface area contributed by atoms with Crippen molar-refractivity contribution in [3.05, 3.63) is 0 Å². The van der Waals surface area contributed by atoms with Gasteiger partial charge in [-0.25, -0.2) is 0 Å². The molecule has 2 saturated heterocycles. The Morgan fingerprint density at radius 3 is 2.74 bits per heavy atom. The molecule has 19 heavy (non-hydrogen) atoms. The van der Waals surface area contributed by atoms with Crippen LogP contribution < -0.4 is 0 Å². The van der Waals surface area contributed by atoms with Crippen LogP contribution in [0.1, 0.15) is 26.7 Å². The van der Waals surface area contributed by atoms with E-state index in [0.29, 0.717) is 32.2 Å². The Kier molecular flexibility index (Phi) is 4.81. The number of rotatable bonds is 6. The average Bonchev–Trinajstić information content (AvgIpc) is 3.02. The fraction of sp³-hybridized carbons (Fsp3) is 0.929. The molecule has 2 atom stereocenters.